The van der Waals surface area contributed by atoms with Crippen LogP contribution in [-0.2, 0) is 14.3 Å². The summed E-state index contributed by atoms with van der Waals surface area (Å²) in [7, 11) is 1.51. The summed E-state index contributed by atoms with van der Waals surface area (Å²) >= 11 is 3.33. The molecule has 2 aromatic carbocycles. The lowest BCUT2D eigenvalue weighted by atomic mass is 10.2. The third-order valence-corrected chi connectivity index (χ3v) is 3.91. The Morgan fingerprint density at radius 3 is 2.46 bits per heavy atom. The Kier molecular flexibility index (Phi) is 7.70. The van der Waals surface area contributed by atoms with E-state index in [0.717, 1.165) is 4.47 Å². The second kappa shape index (κ2) is 10.2. The van der Waals surface area contributed by atoms with E-state index >= 15 is 0 Å². The molecule has 0 spiro atoms. The van der Waals surface area contributed by atoms with Gasteiger partial charge in [0.25, 0.3) is 0 Å². The summed E-state index contributed by atoms with van der Waals surface area (Å²) in [5.41, 5.74) is 3.46. The van der Waals surface area contributed by atoms with E-state index < -0.39 is 17.8 Å². The maximum absolute atomic E-state index is 11.9. The number of methoxy groups -OCH3 is 1. The molecule has 2 rings (SSSR count). The van der Waals surface area contributed by atoms with Crippen molar-refractivity contribution in [1.82, 2.24) is 5.43 Å². The summed E-state index contributed by atoms with van der Waals surface area (Å²) in [6, 6.07) is 11.3. The zero-order chi connectivity index (χ0) is 20.5. The predicted molar refractivity (Wildman–Crippen MR) is 107 cm³/mol. The molecular weight excluding hydrogens is 430 g/mol. The number of carbonyl (C=O) groups is 3. The number of halogens is 1. The van der Waals surface area contributed by atoms with Crippen LogP contribution in [0.2, 0.25) is 0 Å². The minimum atomic E-state index is -0.945. The number of benzene rings is 2. The first-order valence-corrected chi connectivity index (χ1v) is 8.99. The van der Waals surface area contributed by atoms with E-state index in [1.54, 1.807) is 25.1 Å². The highest BCUT2D eigenvalue weighted by Crippen LogP contribution is 2.21. The van der Waals surface area contributed by atoms with Crippen molar-refractivity contribution in [2.45, 2.75) is 6.92 Å². The Morgan fingerprint density at radius 2 is 1.82 bits per heavy atom. The van der Waals surface area contributed by atoms with E-state index in [-0.39, 0.29) is 6.61 Å². The number of nitrogens with one attached hydrogen (secondary N) is 2. The first kappa shape index (κ1) is 21.1. The summed E-state index contributed by atoms with van der Waals surface area (Å²) in [5.74, 6) is -1.75. The zero-order valence-corrected chi connectivity index (χ0v) is 16.8. The lowest BCUT2D eigenvalue weighted by molar-refractivity contribution is -0.136. The van der Waals surface area contributed by atoms with Crippen molar-refractivity contribution in [2.75, 3.05) is 19.0 Å². The molecule has 2 amide bonds. The quantitative estimate of drug-likeness (QED) is 0.306. The molecule has 0 heterocycles. The highest BCUT2D eigenvalue weighted by molar-refractivity contribution is 9.10. The molecule has 8 nitrogen and oxygen atoms in total. The minimum absolute atomic E-state index is 0.268. The summed E-state index contributed by atoms with van der Waals surface area (Å²) in [6.45, 7) is 1.98. The molecule has 0 bridgehead atoms. The van der Waals surface area contributed by atoms with E-state index in [1.165, 1.54) is 37.6 Å². The molecule has 0 aliphatic rings. The van der Waals surface area contributed by atoms with Gasteiger partial charge in [-0.3, -0.25) is 9.59 Å². The van der Waals surface area contributed by atoms with Crippen molar-refractivity contribution in [3.8, 4) is 5.75 Å². The van der Waals surface area contributed by atoms with Crippen LogP contribution in [0, 0.1) is 0 Å². The van der Waals surface area contributed by atoms with E-state index in [9.17, 15) is 14.4 Å². The third-order valence-electron chi connectivity index (χ3n) is 3.42. The predicted octanol–water partition coefficient (Wildman–Crippen LogP) is 2.72. The van der Waals surface area contributed by atoms with Gasteiger partial charge in [0.1, 0.15) is 5.75 Å². The van der Waals surface area contributed by atoms with Crippen molar-refractivity contribution < 1.29 is 23.9 Å². The number of amides is 2. The topological polar surface area (TPSA) is 106 Å². The number of rotatable bonds is 6. The van der Waals surface area contributed by atoms with Gasteiger partial charge in [0, 0.05) is 15.7 Å². The van der Waals surface area contributed by atoms with Gasteiger partial charge in [-0.1, -0.05) is 15.9 Å². The summed E-state index contributed by atoms with van der Waals surface area (Å²) in [4.78, 5) is 35.4. The molecule has 0 aliphatic carbocycles. The van der Waals surface area contributed by atoms with Crippen LogP contribution in [0.4, 0.5) is 5.69 Å². The SMILES string of the molecule is CCOC(=O)c1ccc(NC(=O)C(=O)N/N=C/c2cc(Br)ccc2OC)cc1. The van der Waals surface area contributed by atoms with E-state index in [4.69, 9.17) is 9.47 Å². The molecule has 9 heteroatoms. The molecule has 0 saturated carbocycles. The number of anilines is 1. The number of nitrogens with zero attached hydrogens (tertiary/aromatic N) is 1. The van der Waals surface area contributed by atoms with Crippen molar-refractivity contribution >= 4 is 45.6 Å². The first-order valence-electron chi connectivity index (χ1n) is 8.19. The van der Waals surface area contributed by atoms with Crippen molar-refractivity contribution in [1.29, 1.82) is 0 Å². The molecule has 146 valence electrons. The van der Waals surface area contributed by atoms with E-state index in [0.29, 0.717) is 22.6 Å². The number of carbonyl (C=O) groups excluding carboxylic acids is 3. The lowest BCUT2D eigenvalue weighted by Gasteiger charge is -2.06. The van der Waals surface area contributed by atoms with Crippen molar-refractivity contribution in [3.05, 3.63) is 58.1 Å². The second-order valence-corrected chi connectivity index (χ2v) is 6.25. The van der Waals surface area contributed by atoms with Gasteiger partial charge in [-0.2, -0.15) is 5.10 Å². The number of esters is 1. The maximum atomic E-state index is 11.9. The Hall–Kier alpha value is -3.20. The average molecular weight is 448 g/mol. The molecule has 0 aliphatic heterocycles. The fourth-order valence-corrected chi connectivity index (χ4v) is 2.49. The Bertz CT molecular complexity index is 897. The standard InChI is InChI=1S/C19H18BrN3O5/c1-3-28-19(26)12-4-7-15(8-5-12)22-17(24)18(25)23-21-11-13-10-14(20)6-9-16(13)27-2/h4-11H,3H2,1-2H3,(H,22,24)(H,23,25)/b21-11+. The smallest absolute Gasteiger partial charge is 0.338 e. The molecule has 28 heavy (non-hydrogen) atoms. The van der Waals surface area contributed by atoms with Crippen LogP contribution in [0.25, 0.3) is 0 Å². The van der Waals surface area contributed by atoms with E-state index in [2.05, 4.69) is 31.8 Å². The molecule has 2 N–H and O–H groups in total. The molecule has 0 unspecified atom stereocenters. The Balaban J connectivity index is 1.93. The number of ether oxygens (including phenoxy) is 2. The minimum Gasteiger partial charge on any atom is -0.496 e. The summed E-state index contributed by atoms with van der Waals surface area (Å²) < 4.78 is 10.9. The number of hydrogen-bond donors (Lipinski definition) is 2. The fourth-order valence-electron chi connectivity index (χ4n) is 2.11. The molecule has 0 saturated heterocycles. The van der Waals surface area contributed by atoms with Crippen molar-refractivity contribution in [2.24, 2.45) is 5.10 Å². The largest absolute Gasteiger partial charge is 0.496 e. The molecule has 0 radical (unpaired) electrons. The van der Waals surface area contributed by atoms with Crippen LogP contribution in [0.3, 0.4) is 0 Å². The average Bonchev–Trinajstić information content (AvgIpc) is 2.68. The van der Waals surface area contributed by atoms with Gasteiger partial charge in [-0.15, -0.1) is 0 Å². The van der Waals surface area contributed by atoms with Crippen LogP contribution in [-0.4, -0.2) is 37.7 Å². The van der Waals surface area contributed by atoms with E-state index in [1.807, 2.05) is 0 Å². The Morgan fingerprint density at radius 1 is 1.11 bits per heavy atom. The normalized spacial score (nSPS) is 10.4. The van der Waals surface area contributed by atoms with Gasteiger partial charge >= 0.3 is 17.8 Å². The van der Waals surface area contributed by atoms with Gasteiger partial charge in [0.15, 0.2) is 0 Å². The number of hydrogen-bond acceptors (Lipinski definition) is 6. The molecular formula is C19H18BrN3O5. The molecule has 0 aromatic heterocycles. The van der Waals surface area contributed by atoms with Crippen LogP contribution >= 0.6 is 15.9 Å². The molecule has 2 aromatic rings. The molecule has 0 fully saturated rings. The third kappa shape index (κ3) is 5.92. The first-order chi connectivity index (χ1) is 13.4. The number of hydrazone groups is 1. The highest BCUT2D eigenvalue weighted by Gasteiger charge is 2.13. The summed E-state index contributed by atoms with van der Waals surface area (Å²) in [5, 5.41) is 6.18. The van der Waals surface area contributed by atoms with Gasteiger partial charge in [0.2, 0.25) is 0 Å². The van der Waals surface area contributed by atoms with Gasteiger partial charge in [-0.05, 0) is 49.4 Å². The van der Waals surface area contributed by atoms with Crippen LogP contribution < -0.4 is 15.5 Å². The second-order valence-electron chi connectivity index (χ2n) is 5.34. The van der Waals surface area contributed by atoms with Gasteiger partial charge in [-0.25, -0.2) is 10.2 Å². The monoisotopic (exact) mass is 447 g/mol. The van der Waals surface area contributed by atoms with Crippen LogP contribution in [0.15, 0.2) is 52.0 Å². The van der Waals surface area contributed by atoms with Gasteiger partial charge < -0.3 is 14.8 Å². The Labute approximate surface area is 170 Å². The van der Waals surface area contributed by atoms with Gasteiger partial charge in [0.05, 0.1) is 25.5 Å². The maximum Gasteiger partial charge on any atom is 0.338 e. The summed E-state index contributed by atoms with van der Waals surface area (Å²) in [6.07, 6.45) is 1.36. The fraction of sp³-hybridized carbons (Fsp3) is 0.158. The van der Waals surface area contributed by atoms with Crippen LogP contribution in [0.1, 0.15) is 22.8 Å². The molecule has 0 atom stereocenters. The lowest BCUT2D eigenvalue weighted by Crippen LogP contribution is -2.32. The highest BCUT2D eigenvalue weighted by atomic mass is 79.9. The van der Waals surface area contributed by atoms with Crippen LogP contribution in [0.5, 0.6) is 5.75 Å². The van der Waals surface area contributed by atoms with Crippen molar-refractivity contribution in [3.63, 3.8) is 0 Å². The zero-order valence-electron chi connectivity index (χ0n) is 15.2.